The zero-order valence-corrected chi connectivity index (χ0v) is 15.1. The fraction of sp³-hybridized carbons (Fsp3) is 0.389. The molecule has 0 aliphatic carbocycles. The van der Waals surface area contributed by atoms with Crippen molar-refractivity contribution in [3.05, 3.63) is 46.9 Å². The van der Waals surface area contributed by atoms with Crippen molar-refractivity contribution in [2.75, 3.05) is 6.61 Å². The molecule has 1 aromatic carbocycles. The van der Waals surface area contributed by atoms with Crippen molar-refractivity contribution < 1.29 is 18.7 Å². The van der Waals surface area contributed by atoms with Crippen LogP contribution in [0.4, 0.5) is 4.39 Å². The zero-order chi connectivity index (χ0) is 18.1. The molecule has 0 aromatic heterocycles. The molecule has 2 atom stereocenters. The summed E-state index contributed by atoms with van der Waals surface area (Å²) in [5, 5.41) is 0.354. The smallest absolute Gasteiger partial charge is 0.338 e. The van der Waals surface area contributed by atoms with E-state index in [1.807, 2.05) is 6.92 Å². The van der Waals surface area contributed by atoms with Crippen molar-refractivity contribution in [3.8, 4) is 0 Å². The summed E-state index contributed by atoms with van der Waals surface area (Å²) in [5.41, 5.74) is 1.50. The summed E-state index contributed by atoms with van der Waals surface area (Å²) in [6, 6.07) is 5.18. The van der Waals surface area contributed by atoms with Gasteiger partial charge in [0.2, 0.25) is 5.91 Å². The van der Waals surface area contributed by atoms with E-state index in [1.54, 1.807) is 30.9 Å². The molecule has 0 radical (unpaired) electrons. The second-order valence-electron chi connectivity index (χ2n) is 5.79. The third-order valence-corrected chi connectivity index (χ3v) is 5.52. The Hall–Kier alpha value is -2.15. The Kier molecular flexibility index (Phi) is 4.94. The molecule has 7 heteroatoms. The van der Waals surface area contributed by atoms with E-state index in [-0.39, 0.29) is 23.6 Å². The van der Waals surface area contributed by atoms with Gasteiger partial charge in [-0.25, -0.2) is 14.2 Å². The quantitative estimate of drug-likeness (QED) is 0.770. The average molecular weight is 362 g/mol. The van der Waals surface area contributed by atoms with Crippen LogP contribution in [0.2, 0.25) is 0 Å². The summed E-state index contributed by atoms with van der Waals surface area (Å²) in [5.74, 6) is -0.967. The fourth-order valence-electron chi connectivity index (χ4n) is 3.02. The molecule has 0 unspecified atom stereocenters. The molecule has 0 spiro atoms. The van der Waals surface area contributed by atoms with Crippen molar-refractivity contribution >= 4 is 28.8 Å². The summed E-state index contributed by atoms with van der Waals surface area (Å²) in [6.45, 7) is 5.62. The average Bonchev–Trinajstić information content (AvgIpc) is 2.90. The van der Waals surface area contributed by atoms with Gasteiger partial charge in [-0.15, -0.1) is 0 Å². The number of thioether (sulfide) groups is 1. The first-order chi connectivity index (χ1) is 12.0. The number of benzene rings is 1. The van der Waals surface area contributed by atoms with Crippen LogP contribution in [-0.4, -0.2) is 33.8 Å². The number of hydrogen-bond acceptors (Lipinski definition) is 5. The predicted molar refractivity (Wildman–Crippen MR) is 94.4 cm³/mol. The SMILES string of the molecule is CCOC(=O)C1=C(C)N=C2S[C@@H](CC)C(=O)N2[C@@H]1c1ccc(F)cc1. The highest BCUT2D eigenvalue weighted by atomic mass is 32.2. The van der Waals surface area contributed by atoms with Crippen LogP contribution in [0.25, 0.3) is 0 Å². The van der Waals surface area contributed by atoms with E-state index in [4.69, 9.17) is 4.74 Å². The van der Waals surface area contributed by atoms with Gasteiger partial charge in [-0.3, -0.25) is 9.69 Å². The van der Waals surface area contributed by atoms with Crippen LogP contribution in [0, 0.1) is 5.82 Å². The normalized spacial score (nSPS) is 22.8. The Balaban J connectivity index is 2.13. The summed E-state index contributed by atoms with van der Waals surface area (Å²) in [6.07, 6.45) is 0.670. The van der Waals surface area contributed by atoms with E-state index < -0.39 is 12.0 Å². The maximum Gasteiger partial charge on any atom is 0.338 e. The van der Waals surface area contributed by atoms with E-state index in [0.717, 1.165) is 0 Å². The van der Waals surface area contributed by atoms with E-state index >= 15 is 0 Å². The minimum absolute atomic E-state index is 0.0881. The van der Waals surface area contributed by atoms with Gasteiger partial charge in [0.15, 0.2) is 5.17 Å². The number of aliphatic imine (C=N–C) groups is 1. The summed E-state index contributed by atoms with van der Waals surface area (Å²) >= 11 is 1.40. The molecule has 2 aliphatic rings. The van der Waals surface area contributed by atoms with Gasteiger partial charge >= 0.3 is 5.97 Å². The highest BCUT2D eigenvalue weighted by Crippen LogP contribution is 2.43. The summed E-state index contributed by atoms with van der Waals surface area (Å²) in [4.78, 5) is 31.4. The molecule has 5 nitrogen and oxygen atoms in total. The third-order valence-electron chi connectivity index (χ3n) is 4.20. The molecule has 0 saturated carbocycles. The standard InChI is InChI=1S/C18H19FN2O3S/c1-4-13-16(22)21-15(11-6-8-12(19)9-7-11)14(17(23)24-5-2)10(3)20-18(21)25-13/h6-9,13,15H,4-5H2,1-3H3/t13-,15+/m0/s1. The van der Waals surface area contributed by atoms with Crippen LogP contribution in [0.3, 0.4) is 0 Å². The first kappa shape index (κ1) is 17.7. The van der Waals surface area contributed by atoms with Crippen LogP contribution in [0.15, 0.2) is 40.5 Å². The van der Waals surface area contributed by atoms with E-state index in [9.17, 15) is 14.0 Å². The Bertz CT molecular complexity index is 773. The molecule has 0 N–H and O–H groups in total. The molecule has 0 bridgehead atoms. The molecule has 25 heavy (non-hydrogen) atoms. The van der Waals surface area contributed by atoms with Crippen molar-refractivity contribution in [2.45, 2.75) is 38.5 Å². The molecule has 1 amide bonds. The molecule has 132 valence electrons. The van der Waals surface area contributed by atoms with Crippen molar-refractivity contribution in [3.63, 3.8) is 0 Å². The van der Waals surface area contributed by atoms with Crippen LogP contribution in [0.1, 0.15) is 38.8 Å². The number of rotatable bonds is 4. The number of allylic oxidation sites excluding steroid dienone is 1. The predicted octanol–water partition coefficient (Wildman–Crippen LogP) is 3.43. The Morgan fingerprint density at radius 3 is 2.60 bits per heavy atom. The topological polar surface area (TPSA) is 59.0 Å². The van der Waals surface area contributed by atoms with E-state index in [0.29, 0.717) is 28.4 Å². The lowest BCUT2D eigenvalue weighted by Crippen LogP contribution is -2.40. The molecular formula is C18H19FN2O3S. The highest BCUT2D eigenvalue weighted by Gasteiger charge is 2.47. The number of hydrogen-bond donors (Lipinski definition) is 0. The van der Waals surface area contributed by atoms with Crippen LogP contribution in [0.5, 0.6) is 0 Å². The maximum absolute atomic E-state index is 13.4. The molecule has 1 aromatic rings. The molecular weight excluding hydrogens is 343 g/mol. The van der Waals surface area contributed by atoms with Gasteiger partial charge in [-0.05, 0) is 38.0 Å². The van der Waals surface area contributed by atoms with E-state index in [2.05, 4.69) is 4.99 Å². The summed E-state index contributed by atoms with van der Waals surface area (Å²) in [7, 11) is 0. The largest absolute Gasteiger partial charge is 0.463 e. The second kappa shape index (κ2) is 7.00. The molecule has 3 rings (SSSR count). The molecule has 1 fully saturated rings. The third kappa shape index (κ3) is 3.08. The lowest BCUT2D eigenvalue weighted by molar-refractivity contribution is -0.139. The lowest BCUT2D eigenvalue weighted by Gasteiger charge is -2.33. The van der Waals surface area contributed by atoms with Gasteiger partial charge in [-0.2, -0.15) is 0 Å². The Labute approximate surface area is 149 Å². The number of ether oxygens (including phenoxy) is 1. The molecule has 2 aliphatic heterocycles. The van der Waals surface area contributed by atoms with Crippen molar-refractivity contribution in [1.82, 2.24) is 4.90 Å². The van der Waals surface area contributed by atoms with Crippen molar-refractivity contribution in [1.29, 1.82) is 0 Å². The molecule has 2 heterocycles. The van der Waals surface area contributed by atoms with Crippen LogP contribution >= 0.6 is 11.8 Å². The lowest BCUT2D eigenvalue weighted by atomic mass is 9.94. The maximum atomic E-state index is 13.4. The second-order valence-corrected chi connectivity index (χ2v) is 6.96. The first-order valence-electron chi connectivity index (χ1n) is 8.19. The minimum Gasteiger partial charge on any atom is -0.463 e. The van der Waals surface area contributed by atoms with Crippen LogP contribution < -0.4 is 0 Å². The number of fused-ring (bicyclic) bond motifs is 1. The number of halogens is 1. The van der Waals surface area contributed by atoms with Gasteiger partial charge in [-0.1, -0.05) is 30.8 Å². The summed E-state index contributed by atoms with van der Waals surface area (Å²) < 4.78 is 18.5. The number of esters is 1. The number of carbonyl (C=O) groups excluding carboxylic acids is 2. The van der Waals surface area contributed by atoms with Gasteiger partial charge in [0, 0.05) is 0 Å². The van der Waals surface area contributed by atoms with Gasteiger partial charge in [0.25, 0.3) is 0 Å². The van der Waals surface area contributed by atoms with E-state index in [1.165, 1.54) is 23.9 Å². The first-order valence-corrected chi connectivity index (χ1v) is 9.07. The Morgan fingerprint density at radius 2 is 2.00 bits per heavy atom. The number of amides is 1. The highest BCUT2D eigenvalue weighted by molar-refractivity contribution is 8.15. The monoisotopic (exact) mass is 362 g/mol. The van der Waals surface area contributed by atoms with Gasteiger partial charge < -0.3 is 4.74 Å². The number of amidine groups is 1. The number of nitrogens with zero attached hydrogens (tertiary/aromatic N) is 2. The van der Waals surface area contributed by atoms with Crippen LogP contribution in [-0.2, 0) is 14.3 Å². The Morgan fingerprint density at radius 1 is 1.32 bits per heavy atom. The van der Waals surface area contributed by atoms with Gasteiger partial charge in [0.05, 0.1) is 29.2 Å². The minimum atomic E-state index is -0.649. The van der Waals surface area contributed by atoms with Gasteiger partial charge in [0.1, 0.15) is 5.82 Å². The van der Waals surface area contributed by atoms with Crippen molar-refractivity contribution in [2.24, 2.45) is 4.99 Å². The number of carbonyl (C=O) groups is 2. The zero-order valence-electron chi connectivity index (χ0n) is 14.3. The fourth-order valence-corrected chi connectivity index (χ4v) is 4.15. The molecule has 1 saturated heterocycles.